The number of amides is 1. The number of halogens is 1. The molecule has 1 amide bonds. The number of phenolic OH excluding ortho intramolecular Hbond substituents is 1. The van der Waals surface area contributed by atoms with Gasteiger partial charge in [0.2, 0.25) is 11.7 Å². The lowest BCUT2D eigenvalue weighted by molar-refractivity contribution is -0.114. The van der Waals surface area contributed by atoms with Crippen molar-refractivity contribution in [1.29, 1.82) is 0 Å². The molecule has 0 radical (unpaired) electrons. The van der Waals surface area contributed by atoms with Crippen molar-refractivity contribution in [3.8, 4) is 5.75 Å². The van der Waals surface area contributed by atoms with Crippen LogP contribution in [0.3, 0.4) is 0 Å². The van der Waals surface area contributed by atoms with E-state index in [4.69, 9.17) is 11.6 Å². The largest absolute Gasteiger partial charge is 0.508 e. The Bertz CT molecular complexity index is 931. The smallest absolute Gasteiger partial charge is 0.221 e. The normalized spacial score (nSPS) is 10.7. The van der Waals surface area contributed by atoms with E-state index in [0.717, 1.165) is 0 Å². The van der Waals surface area contributed by atoms with Gasteiger partial charge in [-0.15, -0.1) is 0 Å². The molecule has 0 saturated heterocycles. The van der Waals surface area contributed by atoms with Gasteiger partial charge in [0.1, 0.15) is 11.4 Å². The fourth-order valence-corrected chi connectivity index (χ4v) is 2.61. The lowest BCUT2D eigenvalue weighted by atomic mass is 10.1. The standard InChI is InChI=1S/C17H13ClN2O3/c1-9(21)19-15-13-6-5-11(18)8-14(13)20-16(15)17(23)10-3-2-4-12(22)7-10/h2-8,20,22H,1H3,(H,19,21). The molecule has 0 aliphatic rings. The fourth-order valence-electron chi connectivity index (χ4n) is 2.44. The summed E-state index contributed by atoms with van der Waals surface area (Å²) in [6.45, 7) is 1.37. The number of fused-ring (bicyclic) bond motifs is 1. The second kappa shape index (κ2) is 5.78. The summed E-state index contributed by atoms with van der Waals surface area (Å²) in [7, 11) is 0. The van der Waals surface area contributed by atoms with Gasteiger partial charge in [-0.25, -0.2) is 0 Å². The average Bonchev–Trinajstić information content (AvgIpc) is 2.83. The van der Waals surface area contributed by atoms with Gasteiger partial charge >= 0.3 is 0 Å². The molecule has 3 aromatic rings. The molecule has 0 atom stereocenters. The van der Waals surface area contributed by atoms with Crippen LogP contribution in [-0.4, -0.2) is 21.8 Å². The molecule has 0 saturated carbocycles. The minimum absolute atomic E-state index is 0.00363. The summed E-state index contributed by atoms with van der Waals surface area (Å²) in [5.41, 5.74) is 1.60. The van der Waals surface area contributed by atoms with Gasteiger partial charge < -0.3 is 15.4 Å². The zero-order valence-electron chi connectivity index (χ0n) is 12.2. The van der Waals surface area contributed by atoms with Gasteiger partial charge in [0.05, 0.1) is 5.69 Å². The molecule has 23 heavy (non-hydrogen) atoms. The fraction of sp³-hybridized carbons (Fsp3) is 0.0588. The highest BCUT2D eigenvalue weighted by Gasteiger charge is 2.20. The van der Waals surface area contributed by atoms with Crippen LogP contribution >= 0.6 is 11.6 Å². The molecular formula is C17H13ClN2O3. The first-order valence-corrected chi connectivity index (χ1v) is 7.26. The molecule has 0 bridgehead atoms. The maximum absolute atomic E-state index is 12.7. The first kappa shape index (κ1) is 15.1. The number of phenols is 1. The summed E-state index contributed by atoms with van der Waals surface area (Å²) in [6.07, 6.45) is 0. The van der Waals surface area contributed by atoms with Crippen LogP contribution in [0.4, 0.5) is 5.69 Å². The van der Waals surface area contributed by atoms with E-state index in [9.17, 15) is 14.7 Å². The molecule has 1 aromatic heterocycles. The van der Waals surface area contributed by atoms with Crippen molar-refractivity contribution >= 4 is 39.9 Å². The van der Waals surface area contributed by atoms with Crippen LogP contribution in [0.1, 0.15) is 23.0 Å². The predicted octanol–water partition coefficient (Wildman–Crippen LogP) is 3.72. The number of hydrogen-bond donors (Lipinski definition) is 3. The zero-order valence-corrected chi connectivity index (χ0v) is 12.9. The van der Waals surface area contributed by atoms with Crippen LogP contribution in [-0.2, 0) is 4.79 Å². The van der Waals surface area contributed by atoms with E-state index in [1.807, 2.05) is 0 Å². The highest BCUT2D eigenvalue weighted by Crippen LogP contribution is 2.31. The van der Waals surface area contributed by atoms with E-state index in [2.05, 4.69) is 10.3 Å². The monoisotopic (exact) mass is 328 g/mol. The molecule has 0 aliphatic heterocycles. The number of rotatable bonds is 3. The Hall–Kier alpha value is -2.79. The van der Waals surface area contributed by atoms with Gasteiger partial charge in [-0.3, -0.25) is 9.59 Å². The summed E-state index contributed by atoms with van der Waals surface area (Å²) >= 11 is 5.98. The number of anilines is 1. The van der Waals surface area contributed by atoms with Gasteiger partial charge in [0.15, 0.2) is 0 Å². The average molecular weight is 329 g/mol. The Morgan fingerprint density at radius 1 is 1.17 bits per heavy atom. The molecular weight excluding hydrogens is 316 g/mol. The predicted molar refractivity (Wildman–Crippen MR) is 89.2 cm³/mol. The van der Waals surface area contributed by atoms with E-state index in [0.29, 0.717) is 27.2 Å². The number of H-pyrrole nitrogens is 1. The van der Waals surface area contributed by atoms with E-state index in [1.165, 1.54) is 19.1 Å². The van der Waals surface area contributed by atoms with Gasteiger partial charge in [-0.1, -0.05) is 23.7 Å². The number of aromatic hydroxyl groups is 1. The van der Waals surface area contributed by atoms with Gasteiger partial charge in [-0.2, -0.15) is 0 Å². The maximum atomic E-state index is 12.7. The highest BCUT2D eigenvalue weighted by atomic mass is 35.5. The molecule has 3 rings (SSSR count). The Balaban J connectivity index is 2.19. The third-order valence-corrected chi connectivity index (χ3v) is 3.63. The minimum Gasteiger partial charge on any atom is -0.508 e. The van der Waals surface area contributed by atoms with E-state index in [-0.39, 0.29) is 23.1 Å². The van der Waals surface area contributed by atoms with Crippen LogP contribution in [0.15, 0.2) is 42.5 Å². The Kier molecular flexibility index (Phi) is 3.80. The van der Waals surface area contributed by atoms with Gasteiger partial charge in [0, 0.05) is 28.4 Å². The van der Waals surface area contributed by atoms with Crippen molar-refractivity contribution in [2.24, 2.45) is 0 Å². The molecule has 1 heterocycles. The summed E-state index contributed by atoms with van der Waals surface area (Å²) < 4.78 is 0. The highest BCUT2D eigenvalue weighted by molar-refractivity contribution is 6.31. The Labute approximate surface area is 136 Å². The zero-order chi connectivity index (χ0) is 16.6. The second-order valence-corrected chi connectivity index (χ2v) is 5.56. The van der Waals surface area contributed by atoms with Gasteiger partial charge in [-0.05, 0) is 30.3 Å². The van der Waals surface area contributed by atoms with E-state index < -0.39 is 0 Å². The van der Waals surface area contributed by atoms with Crippen molar-refractivity contribution in [3.05, 3.63) is 58.7 Å². The van der Waals surface area contributed by atoms with Crippen molar-refractivity contribution < 1.29 is 14.7 Å². The molecule has 116 valence electrons. The van der Waals surface area contributed by atoms with Crippen LogP contribution < -0.4 is 5.32 Å². The van der Waals surface area contributed by atoms with E-state index >= 15 is 0 Å². The molecule has 3 N–H and O–H groups in total. The van der Waals surface area contributed by atoms with Gasteiger partial charge in [0.25, 0.3) is 0 Å². The molecule has 0 spiro atoms. The van der Waals surface area contributed by atoms with Crippen LogP contribution in [0.5, 0.6) is 5.75 Å². The number of ketones is 1. The third kappa shape index (κ3) is 2.91. The Morgan fingerprint density at radius 3 is 2.65 bits per heavy atom. The van der Waals surface area contributed by atoms with Crippen molar-refractivity contribution in [2.75, 3.05) is 5.32 Å². The lowest BCUT2D eigenvalue weighted by Crippen LogP contribution is -2.11. The molecule has 0 fully saturated rings. The van der Waals surface area contributed by atoms with Crippen LogP contribution in [0.2, 0.25) is 5.02 Å². The quantitative estimate of drug-likeness (QED) is 0.641. The summed E-state index contributed by atoms with van der Waals surface area (Å²) in [5.74, 6) is -0.626. The molecule has 2 aromatic carbocycles. The summed E-state index contributed by atoms with van der Waals surface area (Å²) in [4.78, 5) is 27.2. The number of carbonyl (C=O) groups is 2. The second-order valence-electron chi connectivity index (χ2n) is 5.13. The molecule has 6 heteroatoms. The van der Waals surface area contributed by atoms with Crippen molar-refractivity contribution in [1.82, 2.24) is 4.98 Å². The number of aromatic amines is 1. The lowest BCUT2D eigenvalue weighted by Gasteiger charge is -2.05. The summed E-state index contributed by atoms with van der Waals surface area (Å²) in [6, 6.07) is 11.1. The number of nitrogens with one attached hydrogen (secondary N) is 2. The maximum Gasteiger partial charge on any atom is 0.221 e. The minimum atomic E-state index is -0.336. The molecule has 0 unspecified atom stereocenters. The first-order valence-electron chi connectivity index (χ1n) is 6.88. The third-order valence-electron chi connectivity index (χ3n) is 3.40. The summed E-state index contributed by atoms with van der Waals surface area (Å²) in [5, 5.41) is 13.4. The topological polar surface area (TPSA) is 82.2 Å². The van der Waals surface area contributed by atoms with Crippen LogP contribution in [0.25, 0.3) is 10.9 Å². The molecule has 5 nitrogen and oxygen atoms in total. The van der Waals surface area contributed by atoms with Crippen molar-refractivity contribution in [3.63, 3.8) is 0 Å². The number of carbonyl (C=O) groups excluding carboxylic acids is 2. The van der Waals surface area contributed by atoms with Crippen LogP contribution in [0, 0.1) is 0 Å². The molecule has 0 aliphatic carbocycles. The number of hydrogen-bond acceptors (Lipinski definition) is 3. The number of aromatic nitrogens is 1. The first-order chi connectivity index (χ1) is 11.0. The van der Waals surface area contributed by atoms with E-state index in [1.54, 1.807) is 30.3 Å². The SMILES string of the molecule is CC(=O)Nc1c(C(=O)c2cccc(O)c2)[nH]c2cc(Cl)ccc12. The van der Waals surface area contributed by atoms with Crippen molar-refractivity contribution in [2.45, 2.75) is 6.92 Å². The Morgan fingerprint density at radius 2 is 1.96 bits per heavy atom. The number of benzene rings is 2.